The second kappa shape index (κ2) is 10.1. The van der Waals surface area contributed by atoms with E-state index in [4.69, 9.17) is 9.47 Å². The van der Waals surface area contributed by atoms with Gasteiger partial charge in [0.1, 0.15) is 13.2 Å². The molecule has 0 aromatic carbocycles. The molecule has 14 heavy (non-hydrogen) atoms. The van der Waals surface area contributed by atoms with Crippen LogP contribution in [0.4, 0.5) is 0 Å². The Morgan fingerprint density at radius 3 is 2.71 bits per heavy atom. The third-order valence-electron chi connectivity index (χ3n) is 1.82. The Hall–Kier alpha value is -0.990. The van der Waals surface area contributed by atoms with E-state index in [9.17, 15) is 4.79 Å². The number of carbonyl (C=O) groups excluding carboxylic acids is 1. The van der Waals surface area contributed by atoms with E-state index in [2.05, 4.69) is 13.5 Å². The smallest absolute Gasteiger partial charge is 0.305 e. The molecule has 0 saturated heterocycles. The molecular formula is C11H20O3. The maximum absolute atomic E-state index is 11.1. The highest BCUT2D eigenvalue weighted by Gasteiger charge is 2.01. The molecule has 3 heteroatoms. The van der Waals surface area contributed by atoms with Crippen molar-refractivity contribution in [3.63, 3.8) is 0 Å². The summed E-state index contributed by atoms with van der Waals surface area (Å²) in [5, 5.41) is 0. The Balaban J connectivity index is 3.15. The Labute approximate surface area is 86.1 Å². The van der Waals surface area contributed by atoms with Crippen LogP contribution in [-0.4, -0.2) is 19.2 Å². The SMILES string of the molecule is C=COCCOC(=O)CCCCCC. The zero-order chi connectivity index (χ0) is 10.6. The third kappa shape index (κ3) is 9.10. The molecule has 3 nitrogen and oxygen atoms in total. The van der Waals surface area contributed by atoms with Gasteiger partial charge in [0, 0.05) is 6.42 Å². The Bertz CT molecular complexity index is 155. The molecule has 0 aromatic rings. The van der Waals surface area contributed by atoms with Gasteiger partial charge in [-0.3, -0.25) is 4.79 Å². The summed E-state index contributed by atoms with van der Waals surface area (Å²) >= 11 is 0. The summed E-state index contributed by atoms with van der Waals surface area (Å²) in [6, 6.07) is 0. The normalized spacial score (nSPS) is 9.50. The number of rotatable bonds is 9. The highest BCUT2D eigenvalue weighted by molar-refractivity contribution is 5.69. The van der Waals surface area contributed by atoms with Gasteiger partial charge in [0.25, 0.3) is 0 Å². The first-order chi connectivity index (χ1) is 6.81. The average molecular weight is 200 g/mol. The van der Waals surface area contributed by atoms with Crippen LogP contribution in [0.1, 0.15) is 39.0 Å². The molecule has 0 unspecified atom stereocenters. The third-order valence-corrected chi connectivity index (χ3v) is 1.82. The number of hydrogen-bond acceptors (Lipinski definition) is 3. The molecule has 0 aliphatic carbocycles. The second-order valence-corrected chi connectivity index (χ2v) is 3.07. The standard InChI is InChI=1S/C11H20O3/c1-3-5-6-7-8-11(12)14-10-9-13-4-2/h4H,2-3,5-10H2,1H3. The van der Waals surface area contributed by atoms with E-state index >= 15 is 0 Å². The van der Waals surface area contributed by atoms with Crippen LogP contribution in [-0.2, 0) is 14.3 Å². The molecule has 0 N–H and O–H groups in total. The highest BCUT2D eigenvalue weighted by atomic mass is 16.6. The summed E-state index contributed by atoms with van der Waals surface area (Å²) in [4.78, 5) is 11.1. The predicted octanol–water partition coefficient (Wildman–Crippen LogP) is 2.66. The van der Waals surface area contributed by atoms with E-state index in [-0.39, 0.29) is 5.97 Å². The highest BCUT2D eigenvalue weighted by Crippen LogP contribution is 2.03. The van der Waals surface area contributed by atoms with Gasteiger partial charge in [-0.05, 0) is 6.42 Å². The fraction of sp³-hybridized carbons (Fsp3) is 0.727. The number of carbonyl (C=O) groups is 1. The number of esters is 1. The molecule has 0 heterocycles. The fourth-order valence-corrected chi connectivity index (χ4v) is 1.06. The minimum atomic E-state index is -0.131. The van der Waals surface area contributed by atoms with E-state index in [0.717, 1.165) is 12.8 Å². The van der Waals surface area contributed by atoms with Crippen molar-refractivity contribution in [2.24, 2.45) is 0 Å². The molecule has 0 aliphatic heterocycles. The van der Waals surface area contributed by atoms with E-state index in [1.807, 2.05) is 0 Å². The van der Waals surface area contributed by atoms with Crippen LogP contribution in [0.2, 0.25) is 0 Å². The maximum Gasteiger partial charge on any atom is 0.305 e. The summed E-state index contributed by atoms with van der Waals surface area (Å²) in [6.45, 7) is 6.24. The fourth-order valence-electron chi connectivity index (χ4n) is 1.06. The van der Waals surface area contributed by atoms with Crippen LogP contribution in [0.15, 0.2) is 12.8 Å². The molecule has 0 amide bonds. The summed E-state index contributed by atoms with van der Waals surface area (Å²) in [5.41, 5.74) is 0. The molecule has 0 spiro atoms. The zero-order valence-electron chi connectivity index (χ0n) is 8.96. The molecule has 0 bridgehead atoms. The van der Waals surface area contributed by atoms with Crippen LogP contribution >= 0.6 is 0 Å². The van der Waals surface area contributed by atoms with Crippen molar-refractivity contribution >= 4 is 5.97 Å². The van der Waals surface area contributed by atoms with Gasteiger partial charge in [-0.25, -0.2) is 0 Å². The molecule has 0 rings (SSSR count). The van der Waals surface area contributed by atoms with Crippen molar-refractivity contribution in [2.75, 3.05) is 13.2 Å². The lowest BCUT2D eigenvalue weighted by atomic mass is 10.2. The zero-order valence-corrected chi connectivity index (χ0v) is 8.96. The molecule has 0 aromatic heterocycles. The van der Waals surface area contributed by atoms with Crippen LogP contribution in [0.5, 0.6) is 0 Å². The Kier molecular flexibility index (Phi) is 9.38. The van der Waals surface area contributed by atoms with E-state index in [0.29, 0.717) is 19.6 Å². The van der Waals surface area contributed by atoms with Gasteiger partial charge in [0.15, 0.2) is 0 Å². The first kappa shape index (κ1) is 13.0. The Morgan fingerprint density at radius 2 is 2.07 bits per heavy atom. The van der Waals surface area contributed by atoms with Gasteiger partial charge in [0.2, 0.25) is 0 Å². The van der Waals surface area contributed by atoms with Crippen molar-refractivity contribution in [3.05, 3.63) is 12.8 Å². The summed E-state index contributed by atoms with van der Waals surface area (Å²) in [5.74, 6) is -0.131. The largest absolute Gasteiger partial charge is 0.498 e. The van der Waals surface area contributed by atoms with Gasteiger partial charge in [-0.1, -0.05) is 32.8 Å². The van der Waals surface area contributed by atoms with Crippen molar-refractivity contribution in [3.8, 4) is 0 Å². The van der Waals surface area contributed by atoms with Crippen LogP contribution in [0.3, 0.4) is 0 Å². The second-order valence-electron chi connectivity index (χ2n) is 3.07. The van der Waals surface area contributed by atoms with Crippen molar-refractivity contribution in [2.45, 2.75) is 39.0 Å². The lowest BCUT2D eigenvalue weighted by molar-refractivity contribution is -0.144. The van der Waals surface area contributed by atoms with Gasteiger partial charge < -0.3 is 9.47 Å². The first-order valence-corrected chi connectivity index (χ1v) is 5.19. The van der Waals surface area contributed by atoms with E-state index in [1.54, 1.807) is 0 Å². The number of unbranched alkanes of at least 4 members (excludes halogenated alkanes) is 3. The lowest BCUT2D eigenvalue weighted by Crippen LogP contribution is -2.08. The van der Waals surface area contributed by atoms with Gasteiger partial charge in [0.05, 0.1) is 6.26 Å². The number of hydrogen-bond donors (Lipinski definition) is 0. The van der Waals surface area contributed by atoms with Gasteiger partial charge in [-0.15, -0.1) is 0 Å². The molecule has 0 radical (unpaired) electrons. The lowest BCUT2D eigenvalue weighted by Gasteiger charge is -2.03. The minimum absolute atomic E-state index is 0.131. The average Bonchev–Trinajstić information content (AvgIpc) is 2.19. The summed E-state index contributed by atoms with van der Waals surface area (Å²) in [6.07, 6.45) is 6.27. The van der Waals surface area contributed by atoms with Crippen LogP contribution in [0, 0.1) is 0 Å². The Morgan fingerprint density at radius 1 is 1.29 bits per heavy atom. The van der Waals surface area contributed by atoms with Gasteiger partial charge in [-0.2, -0.15) is 0 Å². The molecule has 82 valence electrons. The molecule has 0 fully saturated rings. The molecular weight excluding hydrogens is 180 g/mol. The summed E-state index contributed by atoms with van der Waals surface area (Å²) < 4.78 is 9.73. The topological polar surface area (TPSA) is 35.5 Å². The van der Waals surface area contributed by atoms with Gasteiger partial charge >= 0.3 is 5.97 Å². The van der Waals surface area contributed by atoms with E-state index < -0.39 is 0 Å². The molecule has 0 saturated carbocycles. The van der Waals surface area contributed by atoms with Crippen molar-refractivity contribution in [1.82, 2.24) is 0 Å². The van der Waals surface area contributed by atoms with Crippen LogP contribution in [0.25, 0.3) is 0 Å². The van der Waals surface area contributed by atoms with Crippen LogP contribution < -0.4 is 0 Å². The predicted molar refractivity (Wildman–Crippen MR) is 55.9 cm³/mol. The quantitative estimate of drug-likeness (QED) is 0.326. The summed E-state index contributed by atoms with van der Waals surface area (Å²) in [7, 11) is 0. The first-order valence-electron chi connectivity index (χ1n) is 5.19. The van der Waals surface area contributed by atoms with E-state index in [1.165, 1.54) is 19.1 Å². The molecule has 0 aliphatic rings. The monoisotopic (exact) mass is 200 g/mol. The van der Waals surface area contributed by atoms with Crippen molar-refractivity contribution < 1.29 is 14.3 Å². The number of ether oxygens (including phenoxy) is 2. The minimum Gasteiger partial charge on any atom is -0.498 e. The maximum atomic E-state index is 11.1. The molecule has 0 atom stereocenters. The van der Waals surface area contributed by atoms with Crippen molar-refractivity contribution in [1.29, 1.82) is 0 Å².